The first-order chi connectivity index (χ1) is 15.6. The predicted molar refractivity (Wildman–Crippen MR) is 116 cm³/mol. The van der Waals surface area contributed by atoms with Crippen molar-refractivity contribution < 1.29 is 4.79 Å². The summed E-state index contributed by atoms with van der Waals surface area (Å²) in [4.78, 5) is 27.5. The molecule has 4 aromatic heterocycles. The molecule has 1 atom stereocenters. The van der Waals surface area contributed by atoms with Crippen LogP contribution in [0, 0.1) is 0 Å². The van der Waals surface area contributed by atoms with E-state index in [1.54, 1.807) is 35.1 Å². The second-order valence-electron chi connectivity index (χ2n) is 7.52. The van der Waals surface area contributed by atoms with Crippen molar-refractivity contribution in [1.82, 2.24) is 44.6 Å². The number of carbonyl (C=O) groups is 1. The SMILES string of the molecule is CCn1ccc(Nc2nccc(-c3cccc(-n4cc([C@@H]5CCN(C)C5=O)nn4)n3)n2)n1. The Labute approximate surface area is 184 Å². The molecule has 0 saturated carbocycles. The van der Waals surface area contributed by atoms with E-state index in [2.05, 4.69) is 35.7 Å². The maximum absolute atomic E-state index is 12.3. The number of hydrogen-bond acceptors (Lipinski definition) is 8. The van der Waals surface area contributed by atoms with Crippen LogP contribution in [0.4, 0.5) is 11.8 Å². The molecule has 5 heterocycles. The smallest absolute Gasteiger partial charge is 0.231 e. The number of aromatic nitrogens is 8. The number of amides is 1. The normalized spacial score (nSPS) is 16.0. The molecule has 0 aliphatic carbocycles. The van der Waals surface area contributed by atoms with Crippen LogP contribution in [0.1, 0.15) is 25.0 Å². The van der Waals surface area contributed by atoms with Gasteiger partial charge in [0.2, 0.25) is 11.9 Å². The highest BCUT2D eigenvalue weighted by atomic mass is 16.2. The Hall–Kier alpha value is -4.15. The molecule has 11 nitrogen and oxygen atoms in total. The number of nitrogens with one attached hydrogen (secondary N) is 1. The Morgan fingerprint density at radius 2 is 2.03 bits per heavy atom. The molecule has 1 saturated heterocycles. The summed E-state index contributed by atoms with van der Waals surface area (Å²) in [5, 5.41) is 15.9. The zero-order chi connectivity index (χ0) is 22.1. The first-order valence-electron chi connectivity index (χ1n) is 10.4. The molecular formula is C21H22N10O. The number of aryl methyl sites for hydroxylation is 1. The number of likely N-dealkylation sites (N-methyl/N-ethyl adjacent to an activating group) is 1. The van der Waals surface area contributed by atoms with Gasteiger partial charge >= 0.3 is 0 Å². The number of carbonyl (C=O) groups excluding carboxylic acids is 1. The highest BCUT2D eigenvalue weighted by Gasteiger charge is 2.32. The predicted octanol–water partition coefficient (Wildman–Crippen LogP) is 2.02. The largest absolute Gasteiger partial charge is 0.345 e. The van der Waals surface area contributed by atoms with Crippen molar-refractivity contribution in [1.29, 1.82) is 0 Å². The number of pyridine rings is 1. The average Bonchev–Trinajstić information content (AvgIpc) is 3.55. The molecule has 1 aliphatic heterocycles. The minimum absolute atomic E-state index is 0.0727. The lowest BCUT2D eigenvalue weighted by Crippen LogP contribution is -2.21. The third-order valence-corrected chi connectivity index (χ3v) is 5.39. The van der Waals surface area contributed by atoms with Crippen LogP contribution in [0.15, 0.2) is 48.9 Å². The molecule has 11 heteroatoms. The van der Waals surface area contributed by atoms with Gasteiger partial charge in [-0.3, -0.25) is 9.48 Å². The number of rotatable bonds is 6. The van der Waals surface area contributed by atoms with Crippen LogP contribution >= 0.6 is 0 Å². The van der Waals surface area contributed by atoms with Gasteiger partial charge in [-0.15, -0.1) is 5.10 Å². The number of nitrogens with zero attached hydrogens (tertiary/aromatic N) is 9. The summed E-state index contributed by atoms with van der Waals surface area (Å²) >= 11 is 0. The van der Waals surface area contributed by atoms with Crippen LogP contribution in [0.3, 0.4) is 0 Å². The summed E-state index contributed by atoms with van der Waals surface area (Å²) in [5.41, 5.74) is 1.99. The van der Waals surface area contributed by atoms with Gasteiger partial charge in [0.1, 0.15) is 0 Å². The van der Waals surface area contributed by atoms with Crippen molar-refractivity contribution in [3.05, 3.63) is 54.6 Å². The Morgan fingerprint density at radius 3 is 2.81 bits per heavy atom. The monoisotopic (exact) mass is 430 g/mol. The third-order valence-electron chi connectivity index (χ3n) is 5.39. The molecule has 0 bridgehead atoms. The van der Waals surface area contributed by atoms with Crippen molar-refractivity contribution in [2.75, 3.05) is 18.9 Å². The molecule has 4 aromatic rings. The second-order valence-corrected chi connectivity index (χ2v) is 7.52. The average molecular weight is 430 g/mol. The Balaban J connectivity index is 1.38. The van der Waals surface area contributed by atoms with Gasteiger partial charge in [-0.05, 0) is 31.5 Å². The molecule has 0 spiro atoms. The maximum Gasteiger partial charge on any atom is 0.231 e. The van der Waals surface area contributed by atoms with E-state index in [0.29, 0.717) is 34.7 Å². The molecule has 32 heavy (non-hydrogen) atoms. The summed E-state index contributed by atoms with van der Waals surface area (Å²) in [7, 11) is 1.80. The summed E-state index contributed by atoms with van der Waals surface area (Å²) in [6, 6.07) is 9.25. The standard InChI is InChI=1S/C21H22N10O/c1-3-30-12-9-18(27-30)25-21-22-10-7-16(24-21)15-5-4-6-19(23-15)31-13-17(26-28-31)14-8-11-29(2)20(14)32/h4-7,9-10,12-14H,3,8,11H2,1-2H3,(H,22,24,25,27)/t14-/m0/s1. The molecule has 1 amide bonds. The first kappa shape index (κ1) is 19.8. The topological polar surface area (TPSA) is 120 Å². The lowest BCUT2D eigenvalue weighted by molar-refractivity contribution is -0.127. The van der Waals surface area contributed by atoms with E-state index in [1.165, 1.54) is 0 Å². The fraction of sp³-hybridized carbons (Fsp3) is 0.286. The molecule has 1 aliphatic rings. The highest BCUT2D eigenvalue weighted by molar-refractivity contribution is 5.84. The molecule has 162 valence electrons. The number of anilines is 2. The maximum atomic E-state index is 12.3. The third kappa shape index (κ3) is 3.80. The van der Waals surface area contributed by atoms with Crippen LogP contribution in [0.25, 0.3) is 17.2 Å². The zero-order valence-electron chi connectivity index (χ0n) is 17.8. The van der Waals surface area contributed by atoms with Crippen molar-refractivity contribution >= 4 is 17.7 Å². The van der Waals surface area contributed by atoms with E-state index in [-0.39, 0.29) is 11.8 Å². The van der Waals surface area contributed by atoms with Gasteiger partial charge in [0.05, 0.1) is 29.2 Å². The van der Waals surface area contributed by atoms with E-state index in [0.717, 1.165) is 19.5 Å². The summed E-state index contributed by atoms with van der Waals surface area (Å²) in [6.45, 7) is 3.54. The van der Waals surface area contributed by atoms with Gasteiger partial charge in [-0.2, -0.15) is 5.10 Å². The first-order valence-corrected chi connectivity index (χ1v) is 10.4. The quantitative estimate of drug-likeness (QED) is 0.493. The molecular weight excluding hydrogens is 408 g/mol. The molecule has 1 fully saturated rings. The van der Waals surface area contributed by atoms with Gasteiger partial charge in [-0.25, -0.2) is 19.6 Å². The van der Waals surface area contributed by atoms with Gasteiger partial charge < -0.3 is 10.2 Å². The van der Waals surface area contributed by atoms with E-state index in [9.17, 15) is 4.79 Å². The van der Waals surface area contributed by atoms with Crippen LogP contribution in [-0.4, -0.2) is 64.1 Å². The Bertz CT molecular complexity index is 1260. The van der Waals surface area contributed by atoms with Crippen LogP contribution in [0.2, 0.25) is 0 Å². The lowest BCUT2D eigenvalue weighted by Gasteiger charge is -2.07. The Morgan fingerprint density at radius 1 is 1.16 bits per heavy atom. The van der Waals surface area contributed by atoms with Gasteiger partial charge in [0, 0.05) is 38.6 Å². The summed E-state index contributed by atoms with van der Waals surface area (Å²) < 4.78 is 3.41. The Kier molecular flexibility index (Phi) is 5.06. The molecule has 1 N–H and O–H groups in total. The van der Waals surface area contributed by atoms with E-state index < -0.39 is 0 Å². The van der Waals surface area contributed by atoms with Crippen LogP contribution in [-0.2, 0) is 11.3 Å². The molecule has 0 aromatic carbocycles. The number of likely N-dealkylation sites (tertiary alicyclic amines) is 1. The molecule has 5 rings (SSSR count). The minimum Gasteiger partial charge on any atom is -0.345 e. The summed E-state index contributed by atoms with van der Waals surface area (Å²) in [6.07, 6.45) is 6.08. The van der Waals surface area contributed by atoms with Crippen molar-refractivity contribution in [2.45, 2.75) is 25.8 Å². The molecule has 0 unspecified atom stereocenters. The number of hydrogen-bond donors (Lipinski definition) is 1. The van der Waals surface area contributed by atoms with E-state index >= 15 is 0 Å². The van der Waals surface area contributed by atoms with Gasteiger partial charge in [0.25, 0.3) is 0 Å². The van der Waals surface area contributed by atoms with Crippen LogP contribution < -0.4 is 5.32 Å². The zero-order valence-corrected chi connectivity index (χ0v) is 17.8. The van der Waals surface area contributed by atoms with Crippen LogP contribution in [0.5, 0.6) is 0 Å². The van der Waals surface area contributed by atoms with Crippen molar-refractivity contribution in [3.8, 4) is 17.2 Å². The lowest BCUT2D eigenvalue weighted by atomic mass is 10.1. The minimum atomic E-state index is -0.247. The van der Waals surface area contributed by atoms with E-state index in [1.807, 2.05) is 42.1 Å². The molecule has 0 radical (unpaired) electrons. The fourth-order valence-electron chi connectivity index (χ4n) is 3.62. The fourth-order valence-corrected chi connectivity index (χ4v) is 3.62. The van der Waals surface area contributed by atoms with E-state index in [4.69, 9.17) is 0 Å². The van der Waals surface area contributed by atoms with Crippen molar-refractivity contribution in [2.24, 2.45) is 0 Å². The van der Waals surface area contributed by atoms with Crippen molar-refractivity contribution in [3.63, 3.8) is 0 Å². The van der Waals surface area contributed by atoms with Gasteiger partial charge in [0.15, 0.2) is 11.6 Å². The summed E-state index contributed by atoms with van der Waals surface area (Å²) in [5.74, 6) is 1.53. The highest BCUT2D eigenvalue weighted by Crippen LogP contribution is 2.26. The van der Waals surface area contributed by atoms with Gasteiger partial charge in [-0.1, -0.05) is 11.3 Å². The second kappa shape index (κ2) is 8.17.